The number of amides is 1. The molecule has 0 aromatic carbocycles. The van der Waals surface area contributed by atoms with E-state index in [0.717, 1.165) is 0 Å². The molecular weight excluding hydrogens is 182 g/mol. The second-order valence-electron chi connectivity index (χ2n) is 3.23. The molecule has 14 heavy (non-hydrogen) atoms. The zero-order valence-electron chi connectivity index (χ0n) is 7.77. The molecule has 2 atom stereocenters. The SMILES string of the molecule is C=CCC(=O)NC1C=CC(C(=O)O)C1. The Labute approximate surface area is 82.3 Å². The molecule has 0 fully saturated rings. The molecule has 76 valence electrons. The minimum atomic E-state index is -0.846. The van der Waals surface area contributed by atoms with Gasteiger partial charge in [-0.2, -0.15) is 0 Å². The minimum absolute atomic E-state index is 0.124. The molecule has 0 spiro atoms. The summed E-state index contributed by atoms with van der Waals surface area (Å²) in [6.45, 7) is 3.45. The van der Waals surface area contributed by atoms with E-state index < -0.39 is 11.9 Å². The maximum Gasteiger partial charge on any atom is 0.310 e. The van der Waals surface area contributed by atoms with E-state index in [0.29, 0.717) is 6.42 Å². The second-order valence-corrected chi connectivity index (χ2v) is 3.23. The van der Waals surface area contributed by atoms with Crippen LogP contribution >= 0.6 is 0 Å². The summed E-state index contributed by atoms with van der Waals surface area (Å²) in [5.74, 6) is -1.44. The molecule has 0 bridgehead atoms. The Bertz CT molecular complexity index is 283. The lowest BCUT2D eigenvalue weighted by molar-refractivity contribution is -0.140. The van der Waals surface area contributed by atoms with Crippen LogP contribution in [0.3, 0.4) is 0 Å². The van der Waals surface area contributed by atoms with E-state index in [1.54, 1.807) is 12.2 Å². The molecule has 1 aliphatic carbocycles. The Hall–Kier alpha value is -1.58. The summed E-state index contributed by atoms with van der Waals surface area (Å²) in [6.07, 6.45) is 5.56. The number of rotatable bonds is 4. The van der Waals surface area contributed by atoms with Crippen molar-refractivity contribution in [3.05, 3.63) is 24.8 Å². The van der Waals surface area contributed by atoms with Crippen molar-refractivity contribution in [2.75, 3.05) is 0 Å². The third kappa shape index (κ3) is 2.73. The number of carboxylic acid groups (broad SMARTS) is 1. The molecule has 1 amide bonds. The first kappa shape index (κ1) is 10.5. The number of hydrogen-bond donors (Lipinski definition) is 2. The summed E-state index contributed by atoms with van der Waals surface area (Å²) in [7, 11) is 0. The van der Waals surface area contributed by atoms with Crippen LogP contribution in [0.5, 0.6) is 0 Å². The van der Waals surface area contributed by atoms with Gasteiger partial charge in [-0.1, -0.05) is 18.2 Å². The third-order valence-corrected chi connectivity index (χ3v) is 2.08. The van der Waals surface area contributed by atoms with Crippen LogP contribution in [0.4, 0.5) is 0 Å². The highest BCUT2D eigenvalue weighted by molar-refractivity contribution is 5.78. The Morgan fingerprint density at radius 1 is 1.57 bits per heavy atom. The Morgan fingerprint density at radius 3 is 2.79 bits per heavy atom. The third-order valence-electron chi connectivity index (χ3n) is 2.08. The van der Waals surface area contributed by atoms with Crippen LogP contribution in [-0.4, -0.2) is 23.0 Å². The highest BCUT2D eigenvalue weighted by Gasteiger charge is 2.24. The predicted molar refractivity (Wildman–Crippen MR) is 51.6 cm³/mol. The van der Waals surface area contributed by atoms with Crippen molar-refractivity contribution in [2.24, 2.45) is 5.92 Å². The lowest BCUT2D eigenvalue weighted by atomic mass is 10.1. The average molecular weight is 195 g/mol. The molecule has 2 unspecified atom stereocenters. The van der Waals surface area contributed by atoms with Crippen LogP contribution in [0.1, 0.15) is 12.8 Å². The number of carboxylic acids is 1. The van der Waals surface area contributed by atoms with Crippen LogP contribution in [0.25, 0.3) is 0 Å². The maximum absolute atomic E-state index is 11.1. The number of carbonyl (C=O) groups excluding carboxylic acids is 1. The fourth-order valence-corrected chi connectivity index (χ4v) is 1.39. The van der Waals surface area contributed by atoms with Gasteiger partial charge in [0, 0.05) is 12.5 Å². The smallest absolute Gasteiger partial charge is 0.310 e. The second kappa shape index (κ2) is 4.60. The molecule has 0 heterocycles. The quantitative estimate of drug-likeness (QED) is 0.649. The fraction of sp³-hybridized carbons (Fsp3) is 0.400. The van der Waals surface area contributed by atoms with Crippen molar-refractivity contribution in [3.63, 3.8) is 0 Å². The van der Waals surface area contributed by atoms with Gasteiger partial charge in [-0.25, -0.2) is 0 Å². The van der Waals surface area contributed by atoms with Crippen molar-refractivity contribution in [1.82, 2.24) is 5.32 Å². The maximum atomic E-state index is 11.1. The van der Waals surface area contributed by atoms with Crippen LogP contribution in [0.15, 0.2) is 24.8 Å². The van der Waals surface area contributed by atoms with Gasteiger partial charge in [0.1, 0.15) is 0 Å². The van der Waals surface area contributed by atoms with E-state index in [4.69, 9.17) is 5.11 Å². The fourth-order valence-electron chi connectivity index (χ4n) is 1.39. The normalized spacial score (nSPS) is 24.6. The van der Waals surface area contributed by atoms with E-state index in [9.17, 15) is 9.59 Å². The molecule has 0 aliphatic heterocycles. The molecule has 4 heteroatoms. The Kier molecular flexibility index (Phi) is 3.45. The standard InChI is InChI=1S/C10H13NO3/c1-2-3-9(12)11-8-5-4-7(6-8)10(13)14/h2,4-5,7-8H,1,3,6H2,(H,11,12)(H,13,14). The first-order valence-electron chi connectivity index (χ1n) is 4.45. The van der Waals surface area contributed by atoms with Crippen molar-refractivity contribution in [3.8, 4) is 0 Å². The lowest BCUT2D eigenvalue weighted by Gasteiger charge is -2.10. The van der Waals surface area contributed by atoms with Gasteiger partial charge in [-0.05, 0) is 6.42 Å². The predicted octanol–water partition coefficient (Wildman–Crippen LogP) is 0.708. The van der Waals surface area contributed by atoms with Crippen LogP contribution in [0.2, 0.25) is 0 Å². The Morgan fingerprint density at radius 2 is 2.29 bits per heavy atom. The lowest BCUT2D eigenvalue weighted by Crippen LogP contribution is -2.32. The van der Waals surface area contributed by atoms with E-state index >= 15 is 0 Å². The van der Waals surface area contributed by atoms with Crippen molar-refractivity contribution >= 4 is 11.9 Å². The first-order valence-corrected chi connectivity index (χ1v) is 4.45. The van der Waals surface area contributed by atoms with Gasteiger partial charge in [0.2, 0.25) is 5.91 Å². The zero-order valence-corrected chi connectivity index (χ0v) is 7.77. The van der Waals surface area contributed by atoms with Crippen molar-refractivity contribution in [2.45, 2.75) is 18.9 Å². The molecule has 0 aromatic heterocycles. The topological polar surface area (TPSA) is 66.4 Å². The Balaban J connectivity index is 2.37. The molecule has 0 aromatic rings. The highest BCUT2D eigenvalue weighted by atomic mass is 16.4. The van der Waals surface area contributed by atoms with Gasteiger partial charge in [-0.3, -0.25) is 9.59 Å². The summed E-state index contributed by atoms with van der Waals surface area (Å²) in [6, 6.07) is -0.149. The van der Waals surface area contributed by atoms with Crippen molar-refractivity contribution < 1.29 is 14.7 Å². The summed E-state index contributed by atoms with van der Waals surface area (Å²) in [5.41, 5.74) is 0. The van der Waals surface area contributed by atoms with Crippen LogP contribution in [0, 0.1) is 5.92 Å². The summed E-state index contributed by atoms with van der Waals surface area (Å²) >= 11 is 0. The summed E-state index contributed by atoms with van der Waals surface area (Å²) in [5, 5.41) is 11.4. The molecular formula is C10H13NO3. The monoisotopic (exact) mass is 195 g/mol. The molecule has 1 aliphatic rings. The molecule has 0 saturated heterocycles. The number of aliphatic carboxylic acids is 1. The number of nitrogens with one attached hydrogen (secondary N) is 1. The van der Waals surface area contributed by atoms with Crippen LogP contribution in [-0.2, 0) is 9.59 Å². The van der Waals surface area contributed by atoms with Gasteiger partial charge in [-0.15, -0.1) is 6.58 Å². The molecule has 0 radical (unpaired) electrons. The molecule has 4 nitrogen and oxygen atoms in total. The van der Waals surface area contributed by atoms with E-state index in [1.165, 1.54) is 6.08 Å². The molecule has 1 rings (SSSR count). The largest absolute Gasteiger partial charge is 0.481 e. The van der Waals surface area contributed by atoms with Gasteiger partial charge in [0.05, 0.1) is 5.92 Å². The van der Waals surface area contributed by atoms with Gasteiger partial charge in [0.15, 0.2) is 0 Å². The molecule has 0 saturated carbocycles. The zero-order chi connectivity index (χ0) is 10.6. The van der Waals surface area contributed by atoms with Gasteiger partial charge >= 0.3 is 5.97 Å². The van der Waals surface area contributed by atoms with Crippen molar-refractivity contribution in [1.29, 1.82) is 0 Å². The average Bonchev–Trinajstić information content (AvgIpc) is 2.53. The summed E-state index contributed by atoms with van der Waals surface area (Å²) in [4.78, 5) is 21.7. The van der Waals surface area contributed by atoms with E-state index in [2.05, 4.69) is 11.9 Å². The van der Waals surface area contributed by atoms with Gasteiger partial charge < -0.3 is 10.4 Å². The van der Waals surface area contributed by atoms with Gasteiger partial charge in [0.25, 0.3) is 0 Å². The molecule has 2 N–H and O–H groups in total. The van der Waals surface area contributed by atoms with Crippen LogP contribution < -0.4 is 5.32 Å². The minimum Gasteiger partial charge on any atom is -0.481 e. The van der Waals surface area contributed by atoms with E-state index in [-0.39, 0.29) is 18.4 Å². The highest BCUT2D eigenvalue weighted by Crippen LogP contribution is 2.17. The van der Waals surface area contributed by atoms with E-state index in [1.807, 2.05) is 0 Å². The number of carbonyl (C=O) groups is 2. The number of hydrogen-bond acceptors (Lipinski definition) is 2. The summed E-state index contributed by atoms with van der Waals surface area (Å²) < 4.78 is 0. The first-order chi connectivity index (χ1) is 6.63.